The van der Waals surface area contributed by atoms with Crippen molar-refractivity contribution in [2.24, 2.45) is 11.7 Å². The van der Waals surface area contributed by atoms with Crippen molar-refractivity contribution in [3.63, 3.8) is 0 Å². The van der Waals surface area contributed by atoms with Crippen LogP contribution in [0.4, 0.5) is 0 Å². The van der Waals surface area contributed by atoms with Gasteiger partial charge < -0.3 is 20.5 Å². The van der Waals surface area contributed by atoms with Crippen LogP contribution in [-0.4, -0.2) is 36.7 Å². The van der Waals surface area contributed by atoms with Gasteiger partial charge in [-0.15, -0.1) is 36.2 Å². The summed E-state index contributed by atoms with van der Waals surface area (Å²) in [5, 5.41) is 5.74. The number of nitrogens with zero attached hydrogens (tertiary/aromatic N) is 1. The summed E-state index contributed by atoms with van der Waals surface area (Å²) in [7, 11) is 0. The van der Waals surface area contributed by atoms with Crippen molar-refractivity contribution in [2.75, 3.05) is 19.8 Å². The maximum Gasteiger partial charge on any atom is 0.271 e. The number of nitrogens with one attached hydrogen (secondary N) is 1. The van der Waals surface area contributed by atoms with Gasteiger partial charge in [0, 0.05) is 17.0 Å². The molecule has 6 nitrogen and oxygen atoms in total. The molecule has 1 aliphatic carbocycles. The minimum atomic E-state index is -0.115. The van der Waals surface area contributed by atoms with E-state index in [1.807, 2.05) is 23.6 Å². The molecule has 3 N–H and O–H groups in total. The molecule has 1 amide bonds. The van der Waals surface area contributed by atoms with Gasteiger partial charge in [0.15, 0.2) is 11.5 Å². The Morgan fingerprint density at radius 2 is 1.93 bits per heavy atom. The molecule has 28 heavy (non-hydrogen) atoms. The molecule has 1 aliphatic heterocycles. The van der Waals surface area contributed by atoms with Crippen LogP contribution in [0.2, 0.25) is 0 Å². The Hall–Kier alpha value is -1.54. The summed E-state index contributed by atoms with van der Waals surface area (Å²) in [5.74, 6) is 1.72. The number of hydrogen-bond donors (Lipinski definition) is 2. The van der Waals surface area contributed by atoms with Crippen molar-refractivity contribution in [3.8, 4) is 22.1 Å². The monoisotopic (exact) mass is 445 g/mol. The molecule has 2 aliphatic rings. The van der Waals surface area contributed by atoms with Gasteiger partial charge in [0.25, 0.3) is 5.91 Å². The Kier molecular flexibility index (Phi) is 8.37. The summed E-state index contributed by atoms with van der Waals surface area (Å²) >= 11 is 1.46. The number of ether oxygens (including phenoxy) is 2. The minimum Gasteiger partial charge on any atom is -0.486 e. The van der Waals surface area contributed by atoms with Crippen LogP contribution in [0.25, 0.3) is 10.6 Å². The molecular weight excluding hydrogens is 421 g/mol. The summed E-state index contributed by atoms with van der Waals surface area (Å²) in [4.78, 5) is 17.1. The standard InChI is InChI=1S/C19H23N3O3S.2ClH/c20-10-13-3-1-2-4-14(13)21-18(23)15-11-26-19(22-15)12-5-6-16-17(9-12)25-8-7-24-16;;/h5-6,9,11,13-14H,1-4,7-8,10,20H2,(H,21,23);2*1H. The lowest BCUT2D eigenvalue weighted by molar-refractivity contribution is 0.0903. The predicted octanol–water partition coefficient (Wildman–Crippen LogP) is 3.67. The second kappa shape index (κ2) is 10.3. The Morgan fingerprint density at radius 3 is 2.71 bits per heavy atom. The third-order valence-electron chi connectivity index (χ3n) is 5.05. The molecule has 2 unspecified atom stereocenters. The normalized spacial score (nSPS) is 20.5. The zero-order valence-corrected chi connectivity index (χ0v) is 17.8. The Labute approximate surface area is 181 Å². The first kappa shape index (κ1) is 22.7. The van der Waals surface area contributed by atoms with E-state index in [1.54, 1.807) is 0 Å². The van der Waals surface area contributed by atoms with Gasteiger partial charge in [-0.2, -0.15) is 0 Å². The molecule has 154 valence electrons. The molecule has 4 rings (SSSR count). The highest BCUT2D eigenvalue weighted by Gasteiger charge is 2.26. The van der Waals surface area contributed by atoms with Crippen molar-refractivity contribution in [3.05, 3.63) is 29.3 Å². The molecule has 1 saturated carbocycles. The minimum absolute atomic E-state index is 0. The SMILES string of the molecule is Cl.Cl.NCC1CCCCC1NC(=O)c1csc(-c2ccc3c(c2)OCCO3)n1. The topological polar surface area (TPSA) is 86.5 Å². The van der Waals surface area contributed by atoms with Crippen LogP contribution in [-0.2, 0) is 0 Å². The number of aromatic nitrogens is 1. The van der Waals surface area contributed by atoms with Gasteiger partial charge in [0.1, 0.15) is 23.9 Å². The fourth-order valence-corrected chi connectivity index (χ4v) is 4.41. The lowest BCUT2D eigenvalue weighted by Gasteiger charge is -2.31. The highest BCUT2D eigenvalue weighted by atomic mass is 35.5. The van der Waals surface area contributed by atoms with E-state index < -0.39 is 0 Å². The van der Waals surface area contributed by atoms with E-state index in [1.165, 1.54) is 17.8 Å². The van der Waals surface area contributed by atoms with E-state index in [0.717, 1.165) is 41.3 Å². The van der Waals surface area contributed by atoms with E-state index in [2.05, 4.69) is 10.3 Å². The second-order valence-electron chi connectivity index (χ2n) is 6.76. The summed E-state index contributed by atoms with van der Waals surface area (Å²) in [6, 6.07) is 5.90. The fraction of sp³-hybridized carbons (Fsp3) is 0.474. The first-order valence-electron chi connectivity index (χ1n) is 9.11. The van der Waals surface area contributed by atoms with Gasteiger partial charge in [0.2, 0.25) is 0 Å². The number of hydrogen-bond acceptors (Lipinski definition) is 6. The van der Waals surface area contributed by atoms with Gasteiger partial charge in [-0.3, -0.25) is 4.79 Å². The molecule has 0 spiro atoms. The smallest absolute Gasteiger partial charge is 0.271 e. The molecule has 1 fully saturated rings. The number of rotatable bonds is 4. The zero-order chi connectivity index (χ0) is 17.9. The van der Waals surface area contributed by atoms with E-state index in [9.17, 15) is 4.79 Å². The van der Waals surface area contributed by atoms with E-state index in [-0.39, 0.29) is 36.8 Å². The fourth-order valence-electron chi connectivity index (χ4n) is 3.61. The molecule has 2 atom stereocenters. The molecular formula is C19H25Cl2N3O3S. The van der Waals surface area contributed by atoms with Crippen LogP contribution in [0, 0.1) is 5.92 Å². The third kappa shape index (κ3) is 4.89. The largest absolute Gasteiger partial charge is 0.486 e. The van der Waals surface area contributed by atoms with Gasteiger partial charge in [-0.1, -0.05) is 12.8 Å². The second-order valence-corrected chi connectivity index (χ2v) is 7.61. The zero-order valence-electron chi connectivity index (χ0n) is 15.4. The number of thiazole rings is 1. The summed E-state index contributed by atoms with van der Waals surface area (Å²) in [6.45, 7) is 1.73. The Bertz CT molecular complexity index is 802. The average molecular weight is 446 g/mol. The van der Waals surface area contributed by atoms with Crippen molar-refractivity contribution in [1.29, 1.82) is 0 Å². The van der Waals surface area contributed by atoms with Gasteiger partial charge in [-0.05, 0) is 43.5 Å². The van der Waals surface area contributed by atoms with Crippen molar-refractivity contribution in [2.45, 2.75) is 31.7 Å². The number of carbonyl (C=O) groups is 1. The van der Waals surface area contributed by atoms with Crippen LogP contribution in [0.15, 0.2) is 23.6 Å². The number of halogens is 2. The molecule has 2 aromatic rings. The molecule has 2 heterocycles. The number of fused-ring (bicyclic) bond motifs is 1. The molecule has 0 bridgehead atoms. The quantitative estimate of drug-likeness (QED) is 0.749. The molecule has 9 heteroatoms. The number of carbonyl (C=O) groups excluding carboxylic acids is 1. The van der Waals surface area contributed by atoms with Gasteiger partial charge in [-0.25, -0.2) is 4.98 Å². The van der Waals surface area contributed by atoms with Crippen molar-refractivity contribution in [1.82, 2.24) is 10.3 Å². The van der Waals surface area contributed by atoms with Crippen LogP contribution in [0.5, 0.6) is 11.5 Å². The maximum absolute atomic E-state index is 12.6. The molecule has 1 aromatic heterocycles. The van der Waals surface area contributed by atoms with Crippen molar-refractivity contribution < 1.29 is 14.3 Å². The summed E-state index contributed by atoms with van der Waals surface area (Å²) in [5.41, 5.74) is 7.24. The Morgan fingerprint density at radius 1 is 1.18 bits per heavy atom. The maximum atomic E-state index is 12.6. The van der Waals surface area contributed by atoms with E-state index in [4.69, 9.17) is 15.2 Å². The molecule has 0 saturated heterocycles. The van der Waals surface area contributed by atoms with Gasteiger partial charge >= 0.3 is 0 Å². The predicted molar refractivity (Wildman–Crippen MR) is 115 cm³/mol. The van der Waals surface area contributed by atoms with Crippen LogP contribution < -0.4 is 20.5 Å². The van der Waals surface area contributed by atoms with Crippen LogP contribution in [0.3, 0.4) is 0 Å². The highest BCUT2D eigenvalue weighted by molar-refractivity contribution is 7.13. The molecule has 0 radical (unpaired) electrons. The number of nitrogens with two attached hydrogens (primary N) is 1. The number of benzene rings is 1. The Balaban J connectivity index is 0.00000140. The summed E-state index contributed by atoms with van der Waals surface area (Å²) in [6.07, 6.45) is 4.41. The highest BCUT2D eigenvalue weighted by Crippen LogP contribution is 2.35. The van der Waals surface area contributed by atoms with Crippen LogP contribution >= 0.6 is 36.2 Å². The number of amides is 1. The molecule has 1 aromatic carbocycles. The third-order valence-corrected chi connectivity index (χ3v) is 5.95. The van der Waals surface area contributed by atoms with E-state index in [0.29, 0.717) is 31.4 Å². The van der Waals surface area contributed by atoms with Crippen LogP contribution in [0.1, 0.15) is 36.2 Å². The lowest BCUT2D eigenvalue weighted by atomic mass is 9.84. The van der Waals surface area contributed by atoms with Gasteiger partial charge in [0.05, 0.1) is 0 Å². The van der Waals surface area contributed by atoms with Crippen molar-refractivity contribution >= 4 is 42.1 Å². The first-order valence-corrected chi connectivity index (χ1v) is 9.99. The first-order chi connectivity index (χ1) is 12.7. The lowest BCUT2D eigenvalue weighted by Crippen LogP contribution is -2.44. The summed E-state index contributed by atoms with van der Waals surface area (Å²) < 4.78 is 11.2. The average Bonchev–Trinajstić information content (AvgIpc) is 3.18. The van der Waals surface area contributed by atoms with E-state index >= 15 is 0 Å².